The van der Waals surface area contributed by atoms with Gasteiger partial charge in [0.2, 0.25) is 5.96 Å². The van der Waals surface area contributed by atoms with Gasteiger partial charge in [-0.1, -0.05) is 0 Å². The second-order valence-electron chi connectivity index (χ2n) is 2.94. The van der Waals surface area contributed by atoms with E-state index in [1.807, 2.05) is 0 Å². The van der Waals surface area contributed by atoms with E-state index in [-0.39, 0.29) is 29.0 Å². The number of nitro groups is 1. The molecule has 0 aliphatic rings. The highest BCUT2D eigenvalue weighted by molar-refractivity contribution is 5.93. The number of aromatic hydroxyl groups is 1. The average Bonchev–Trinajstić information content (AvgIpc) is 2.19. The molecule has 0 spiro atoms. The van der Waals surface area contributed by atoms with Crippen molar-refractivity contribution in [2.75, 3.05) is 0 Å². The van der Waals surface area contributed by atoms with Crippen LogP contribution in [0, 0.1) is 10.1 Å². The van der Waals surface area contributed by atoms with E-state index in [2.05, 4.69) is 9.98 Å². The molecule has 0 aliphatic heterocycles. The van der Waals surface area contributed by atoms with E-state index in [4.69, 9.17) is 17.2 Å². The number of hydrogen-bond donors (Lipinski definition) is 4. The molecule has 0 aromatic heterocycles. The normalized spacial score (nSPS) is 10.9. The molecule has 0 saturated heterocycles. The van der Waals surface area contributed by atoms with Crippen LogP contribution in [-0.2, 0) is 0 Å². The fourth-order valence-electron chi connectivity index (χ4n) is 0.996. The molecule has 0 saturated carbocycles. The summed E-state index contributed by atoms with van der Waals surface area (Å²) >= 11 is 0. The van der Waals surface area contributed by atoms with Gasteiger partial charge in [-0.3, -0.25) is 10.1 Å². The predicted molar refractivity (Wildman–Crippen MR) is 61.9 cm³/mol. The molecule has 1 aromatic rings. The Morgan fingerprint density at radius 1 is 1.35 bits per heavy atom. The molecule has 9 heteroatoms. The minimum absolute atomic E-state index is 0.0956. The molecule has 9 nitrogen and oxygen atoms in total. The summed E-state index contributed by atoms with van der Waals surface area (Å²) in [6.07, 6.45) is 0. The number of nitrogens with two attached hydrogens (primary N) is 3. The van der Waals surface area contributed by atoms with Gasteiger partial charge in [-0.2, -0.15) is 4.99 Å². The van der Waals surface area contributed by atoms with Crippen LogP contribution in [0.15, 0.2) is 28.2 Å². The zero-order chi connectivity index (χ0) is 13.0. The van der Waals surface area contributed by atoms with Crippen molar-refractivity contribution >= 4 is 23.3 Å². The zero-order valence-corrected chi connectivity index (χ0v) is 8.57. The number of phenols is 1. The molecule has 1 rings (SSSR count). The van der Waals surface area contributed by atoms with Gasteiger partial charge >= 0.3 is 0 Å². The topological polar surface area (TPSA) is 166 Å². The lowest BCUT2D eigenvalue weighted by Crippen LogP contribution is -2.26. The Balaban J connectivity index is 3.18. The fourth-order valence-corrected chi connectivity index (χ4v) is 0.996. The van der Waals surface area contributed by atoms with Crippen LogP contribution < -0.4 is 17.2 Å². The van der Waals surface area contributed by atoms with Gasteiger partial charge in [0.05, 0.1) is 4.92 Å². The maximum Gasteiger partial charge on any atom is 0.271 e. The van der Waals surface area contributed by atoms with Crippen molar-refractivity contribution in [3.05, 3.63) is 28.3 Å². The van der Waals surface area contributed by atoms with Crippen LogP contribution in [0.4, 0.5) is 11.4 Å². The predicted octanol–water partition coefficient (Wildman–Crippen LogP) is -0.480. The Hall–Kier alpha value is -2.84. The number of non-ortho nitro benzene ring substituents is 1. The van der Waals surface area contributed by atoms with E-state index in [0.29, 0.717) is 0 Å². The minimum Gasteiger partial charge on any atom is -0.506 e. The second-order valence-corrected chi connectivity index (χ2v) is 2.94. The molecular weight excluding hydrogens is 228 g/mol. The van der Waals surface area contributed by atoms with Crippen LogP contribution in [0.25, 0.3) is 0 Å². The number of aliphatic imine (C=N–C) groups is 2. The summed E-state index contributed by atoms with van der Waals surface area (Å²) in [7, 11) is 0. The van der Waals surface area contributed by atoms with Gasteiger partial charge in [-0.15, -0.1) is 0 Å². The summed E-state index contributed by atoms with van der Waals surface area (Å²) in [5, 5.41) is 19.9. The Bertz CT molecular complexity index is 506. The summed E-state index contributed by atoms with van der Waals surface area (Å²) in [6.45, 7) is 0. The standard InChI is InChI=1S/C8H10N6O3/c9-7(10)13-8(11)12-5-3-4(14(16)17)1-2-6(5)15/h1-3,15H,(H6,9,10,11,12,13). The second kappa shape index (κ2) is 4.79. The van der Waals surface area contributed by atoms with E-state index >= 15 is 0 Å². The minimum atomic E-state index is -0.630. The number of rotatable bonds is 2. The van der Waals surface area contributed by atoms with Crippen LogP contribution >= 0.6 is 0 Å². The average molecular weight is 238 g/mol. The van der Waals surface area contributed by atoms with Gasteiger partial charge in [-0.25, -0.2) is 4.99 Å². The van der Waals surface area contributed by atoms with Crippen LogP contribution in [0.1, 0.15) is 0 Å². The Kier molecular flexibility index (Phi) is 3.44. The smallest absolute Gasteiger partial charge is 0.271 e. The number of guanidine groups is 2. The van der Waals surface area contributed by atoms with Gasteiger partial charge < -0.3 is 22.3 Å². The van der Waals surface area contributed by atoms with Crippen molar-refractivity contribution < 1.29 is 10.0 Å². The molecule has 90 valence electrons. The van der Waals surface area contributed by atoms with Gasteiger partial charge in [0.25, 0.3) is 5.69 Å². The van der Waals surface area contributed by atoms with Crippen LogP contribution in [-0.4, -0.2) is 21.9 Å². The highest BCUT2D eigenvalue weighted by Gasteiger charge is 2.09. The molecule has 0 unspecified atom stereocenters. The third-order valence-electron chi connectivity index (χ3n) is 1.65. The van der Waals surface area contributed by atoms with Crippen molar-refractivity contribution in [2.45, 2.75) is 0 Å². The Morgan fingerprint density at radius 3 is 2.53 bits per heavy atom. The number of nitrogens with zero attached hydrogens (tertiary/aromatic N) is 3. The van der Waals surface area contributed by atoms with Crippen molar-refractivity contribution in [1.29, 1.82) is 0 Å². The third kappa shape index (κ3) is 3.34. The highest BCUT2D eigenvalue weighted by atomic mass is 16.6. The number of nitro benzene ring substituents is 1. The molecule has 1 aromatic carbocycles. The first kappa shape index (κ1) is 12.2. The number of phenolic OH excluding ortho intramolecular Hbond substituents is 1. The molecular formula is C8H10N6O3. The molecule has 0 aliphatic carbocycles. The lowest BCUT2D eigenvalue weighted by atomic mass is 10.2. The van der Waals surface area contributed by atoms with Crippen LogP contribution in [0.3, 0.4) is 0 Å². The molecule has 0 fully saturated rings. The lowest BCUT2D eigenvalue weighted by Gasteiger charge is -1.99. The number of benzene rings is 1. The van der Waals surface area contributed by atoms with Gasteiger partial charge in [0.1, 0.15) is 11.4 Å². The monoisotopic (exact) mass is 238 g/mol. The maximum absolute atomic E-state index is 10.5. The van der Waals surface area contributed by atoms with E-state index < -0.39 is 4.92 Å². The Morgan fingerprint density at radius 2 is 2.00 bits per heavy atom. The van der Waals surface area contributed by atoms with E-state index in [0.717, 1.165) is 18.2 Å². The van der Waals surface area contributed by atoms with Crippen molar-refractivity contribution in [2.24, 2.45) is 27.2 Å². The summed E-state index contributed by atoms with van der Waals surface area (Å²) in [6, 6.07) is 3.30. The molecule has 0 heterocycles. The zero-order valence-electron chi connectivity index (χ0n) is 8.57. The quantitative estimate of drug-likeness (QED) is 0.235. The first-order valence-corrected chi connectivity index (χ1v) is 4.31. The largest absolute Gasteiger partial charge is 0.506 e. The van der Waals surface area contributed by atoms with Gasteiger partial charge in [-0.05, 0) is 6.07 Å². The molecule has 0 amide bonds. The molecule has 0 bridgehead atoms. The molecule has 17 heavy (non-hydrogen) atoms. The first-order valence-electron chi connectivity index (χ1n) is 4.31. The Labute approximate surface area is 95.4 Å². The van der Waals surface area contributed by atoms with Gasteiger partial charge in [0, 0.05) is 12.1 Å². The van der Waals surface area contributed by atoms with E-state index in [1.54, 1.807) is 0 Å². The summed E-state index contributed by atoms with van der Waals surface area (Å²) < 4.78 is 0. The van der Waals surface area contributed by atoms with Crippen LogP contribution in [0.5, 0.6) is 5.75 Å². The van der Waals surface area contributed by atoms with Crippen molar-refractivity contribution in [3.63, 3.8) is 0 Å². The van der Waals surface area contributed by atoms with E-state index in [9.17, 15) is 15.2 Å². The summed E-state index contributed by atoms with van der Waals surface area (Å²) in [5.41, 5.74) is 15.1. The summed E-state index contributed by atoms with van der Waals surface area (Å²) in [5.74, 6) is -0.902. The fraction of sp³-hybridized carbons (Fsp3) is 0. The molecule has 7 N–H and O–H groups in total. The SMILES string of the molecule is NC(N)=NC(N)=Nc1cc([N+](=O)[O-])ccc1O. The van der Waals surface area contributed by atoms with Gasteiger partial charge in [0.15, 0.2) is 5.96 Å². The maximum atomic E-state index is 10.5. The highest BCUT2D eigenvalue weighted by Crippen LogP contribution is 2.30. The molecule has 0 atom stereocenters. The summed E-state index contributed by atoms with van der Waals surface area (Å²) in [4.78, 5) is 16.9. The van der Waals surface area contributed by atoms with Crippen molar-refractivity contribution in [3.8, 4) is 5.75 Å². The number of hydrogen-bond acceptors (Lipinski definition) is 4. The molecule has 0 radical (unpaired) electrons. The lowest BCUT2D eigenvalue weighted by molar-refractivity contribution is -0.384. The third-order valence-corrected chi connectivity index (χ3v) is 1.65. The van der Waals surface area contributed by atoms with Crippen molar-refractivity contribution in [1.82, 2.24) is 0 Å². The van der Waals surface area contributed by atoms with E-state index in [1.165, 1.54) is 0 Å². The first-order chi connectivity index (χ1) is 7.90. The van der Waals surface area contributed by atoms with Crippen LogP contribution in [0.2, 0.25) is 0 Å².